The van der Waals surface area contributed by atoms with Crippen LogP contribution in [0.15, 0.2) is 29.0 Å². The van der Waals surface area contributed by atoms with Crippen molar-refractivity contribution in [2.75, 3.05) is 32.8 Å². The van der Waals surface area contributed by atoms with Crippen LogP contribution < -0.4 is 5.73 Å². The van der Waals surface area contributed by atoms with E-state index in [0.29, 0.717) is 18.3 Å². The number of nitrogens with two attached hydrogens (primary N) is 1. The van der Waals surface area contributed by atoms with Crippen LogP contribution in [0.4, 0.5) is 0 Å². The second kappa shape index (κ2) is 6.08. The lowest BCUT2D eigenvalue weighted by molar-refractivity contribution is 0.0348. The summed E-state index contributed by atoms with van der Waals surface area (Å²) in [5.41, 5.74) is 6.98. The molecule has 2 aromatic heterocycles. The monoisotopic (exact) mass is 275 g/mol. The molecule has 0 aliphatic carbocycles. The molecule has 0 spiro atoms. The van der Waals surface area contributed by atoms with Crippen LogP contribution in [-0.2, 0) is 4.74 Å². The summed E-state index contributed by atoms with van der Waals surface area (Å²) < 4.78 is 10.6. The van der Waals surface area contributed by atoms with Crippen LogP contribution in [0.3, 0.4) is 0 Å². The van der Waals surface area contributed by atoms with E-state index >= 15 is 0 Å². The molecule has 20 heavy (non-hydrogen) atoms. The predicted molar refractivity (Wildman–Crippen MR) is 71.7 cm³/mol. The molecule has 1 saturated heterocycles. The largest absolute Gasteiger partial charge is 0.379 e. The number of ether oxygens (including phenoxy) is 1. The maximum atomic E-state index is 6.14. The van der Waals surface area contributed by atoms with Gasteiger partial charge in [0, 0.05) is 37.6 Å². The molecule has 0 bridgehead atoms. The Morgan fingerprint density at radius 2 is 2.00 bits per heavy atom. The third kappa shape index (κ3) is 3.01. The number of aromatic nitrogens is 3. The molecule has 0 saturated carbocycles. The molecular formula is C13H17N5O2. The summed E-state index contributed by atoms with van der Waals surface area (Å²) in [4.78, 5) is 10.6. The third-order valence-corrected chi connectivity index (χ3v) is 3.26. The number of hydrogen-bond donors (Lipinski definition) is 1. The molecule has 7 heteroatoms. The van der Waals surface area contributed by atoms with E-state index in [1.807, 2.05) is 12.1 Å². The van der Waals surface area contributed by atoms with Gasteiger partial charge in [-0.25, -0.2) is 0 Å². The fraction of sp³-hybridized carbons (Fsp3) is 0.462. The van der Waals surface area contributed by atoms with Crippen molar-refractivity contribution in [2.45, 2.75) is 6.04 Å². The van der Waals surface area contributed by atoms with Gasteiger partial charge in [-0.15, -0.1) is 0 Å². The van der Waals surface area contributed by atoms with Crippen LogP contribution in [0.25, 0.3) is 11.5 Å². The normalized spacial score (nSPS) is 18.1. The van der Waals surface area contributed by atoms with Crippen molar-refractivity contribution < 1.29 is 9.26 Å². The lowest BCUT2D eigenvalue weighted by Gasteiger charge is -2.27. The first-order valence-electron chi connectivity index (χ1n) is 6.62. The second-order valence-electron chi connectivity index (χ2n) is 4.71. The molecule has 0 radical (unpaired) electrons. The molecule has 3 heterocycles. The van der Waals surface area contributed by atoms with Gasteiger partial charge in [-0.2, -0.15) is 4.98 Å². The molecule has 0 amide bonds. The molecule has 1 fully saturated rings. The molecule has 2 N–H and O–H groups in total. The van der Waals surface area contributed by atoms with Gasteiger partial charge in [0.25, 0.3) is 5.89 Å². The number of pyridine rings is 1. The van der Waals surface area contributed by atoms with Crippen molar-refractivity contribution in [3.63, 3.8) is 0 Å². The Hall–Kier alpha value is -1.83. The summed E-state index contributed by atoms with van der Waals surface area (Å²) in [6.45, 7) is 3.99. The summed E-state index contributed by atoms with van der Waals surface area (Å²) in [7, 11) is 0. The fourth-order valence-electron chi connectivity index (χ4n) is 2.14. The minimum Gasteiger partial charge on any atom is -0.379 e. The van der Waals surface area contributed by atoms with Crippen molar-refractivity contribution in [3.05, 3.63) is 30.4 Å². The second-order valence-corrected chi connectivity index (χ2v) is 4.71. The van der Waals surface area contributed by atoms with Crippen molar-refractivity contribution in [2.24, 2.45) is 5.73 Å². The van der Waals surface area contributed by atoms with Crippen LogP contribution in [0.1, 0.15) is 11.9 Å². The topological polar surface area (TPSA) is 90.3 Å². The Labute approximate surface area is 116 Å². The van der Waals surface area contributed by atoms with E-state index in [2.05, 4.69) is 20.0 Å². The minimum absolute atomic E-state index is 0.257. The summed E-state index contributed by atoms with van der Waals surface area (Å²) in [6, 6.07) is 3.39. The van der Waals surface area contributed by atoms with Crippen LogP contribution in [-0.4, -0.2) is 52.9 Å². The van der Waals surface area contributed by atoms with Gasteiger partial charge >= 0.3 is 0 Å². The highest BCUT2D eigenvalue weighted by molar-refractivity contribution is 5.51. The van der Waals surface area contributed by atoms with E-state index in [1.54, 1.807) is 12.4 Å². The van der Waals surface area contributed by atoms with Crippen molar-refractivity contribution >= 4 is 0 Å². The molecule has 1 unspecified atom stereocenters. The molecule has 7 nitrogen and oxygen atoms in total. The lowest BCUT2D eigenvalue weighted by Crippen LogP contribution is -2.40. The van der Waals surface area contributed by atoms with Gasteiger partial charge in [0.1, 0.15) is 0 Å². The van der Waals surface area contributed by atoms with Crippen LogP contribution in [0.2, 0.25) is 0 Å². The number of morpholine rings is 1. The lowest BCUT2D eigenvalue weighted by atomic mass is 10.2. The summed E-state index contributed by atoms with van der Waals surface area (Å²) >= 11 is 0. The maximum Gasteiger partial charge on any atom is 0.258 e. The van der Waals surface area contributed by atoms with Crippen LogP contribution in [0, 0.1) is 0 Å². The van der Waals surface area contributed by atoms with Gasteiger partial charge in [-0.3, -0.25) is 9.88 Å². The SMILES string of the molecule is NC(CN1CCOCC1)c1noc(-c2ccncc2)n1. The van der Waals surface area contributed by atoms with Gasteiger partial charge in [0.15, 0.2) is 5.82 Å². The first-order chi connectivity index (χ1) is 9.83. The van der Waals surface area contributed by atoms with Crippen molar-refractivity contribution in [3.8, 4) is 11.5 Å². The average molecular weight is 275 g/mol. The molecule has 1 atom stereocenters. The predicted octanol–water partition coefficient (Wildman–Crippen LogP) is 0.464. The van der Waals surface area contributed by atoms with Gasteiger partial charge < -0.3 is 15.0 Å². The Morgan fingerprint density at radius 3 is 2.75 bits per heavy atom. The standard InChI is InChI=1S/C13H17N5O2/c14-11(9-18-5-7-19-8-6-18)12-16-13(20-17-12)10-1-3-15-4-2-10/h1-4,11H,5-9,14H2. The van der Waals surface area contributed by atoms with E-state index < -0.39 is 0 Å². The van der Waals surface area contributed by atoms with Gasteiger partial charge in [0.05, 0.1) is 19.3 Å². The first kappa shape index (κ1) is 13.2. The first-order valence-corrected chi connectivity index (χ1v) is 6.62. The number of hydrogen-bond acceptors (Lipinski definition) is 7. The zero-order valence-electron chi connectivity index (χ0n) is 11.1. The molecule has 3 rings (SSSR count). The molecule has 106 valence electrons. The molecule has 2 aromatic rings. The quantitative estimate of drug-likeness (QED) is 0.867. The van der Waals surface area contributed by atoms with Crippen LogP contribution in [0.5, 0.6) is 0 Å². The van der Waals surface area contributed by atoms with Gasteiger partial charge in [0.2, 0.25) is 0 Å². The smallest absolute Gasteiger partial charge is 0.258 e. The van der Waals surface area contributed by atoms with Crippen molar-refractivity contribution in [1.82, 2.24) is 20.0 Å². The Kier molecular flexibility index (Phi) is 4.00. The molecule has 1 aliphatic heterocycles. The van der Waals surface area contributed by atoms with Crippen LogP contribution >= 0.6 is 0 Å². The zero-order chi connectivity index (χ0) is 13.8. The van der Waals surface area contributed by atoms with E-state index in [1.165, 1.54) is 0 Å². The highest BCUT2D eigenvalue weighted by Gasteiger charge is 2.19. The zero-order valence-corrected chi connectivity index (χ0v) is 11.1. The van der Waals surface area contributed by atoms with Gasteiger partial charge in [-0.1, -0.05) is 5.16 Å². The Morgan fingerprint density at radius 1 is 1.25 bits per heavy atom. The number of rotatable bonds is 4. The summed E-state index contributed by atoms with van der Waals surface area (Å²) in [6.07, 6.45) is 3.37. The molecular weight excluding hydrogens is 258 g/mol. The van der Waals surface area contributed by atoms with E-state index in [4.69, 9.17) is 15.0 Å². The molecule has 1 aliphatic rings. The maximum absolute atomic E-state index is 6.14. The Balaban J connectivity index is 1.66. The Bertz CT molecular complexity index is 539. The van der Waals surface area contributed by atoms with E-state index in [-0.39, 0.29) is 6.04 Å². The third-order valence-electron chi connectivity index (χ3n) is 3.26. The summed E-state index contributed by atoms with van der Waals surface area (Å²) in [5, 5.41) is 3.97. The highest BCUT2D eigenvalue weighted by atomic mass is 16.5. The van der Waals surface area contributed by atoms with Crippen molar-refractivity contribution in [1.29, 1.82) is 0 Å². The van der Waals surface area contributed by atoms with Gasteiger partial charge in [-0.05, 0) is 12.1 Å². The number of nitrogens with zero attached hydrogens (tertiary/aromatic N) is 4. The highest BCUT2D eigenvalue weighted by Crippen LogP contribution is 2.18. The minimum atomic E-state index is -0.257. The fourth-order valence-corrected chi connectivity index (χ4v) is 2.14. The van der Waals surface area contributed by atoms with E-state index in [0.717, 1.165) is 31.9 Å². The van der Waals surface area contributed by atoms with E-state index in [9.17, 15) is 0 Å². The molecule has 0 aromatic carbocycles. The summed E-state index contributed by atoms with van der Waals surface area (Å²) in [5.74, 6) is 1.00. The average Bonchev–Trinajstić information content (AvgIpc) is 2.99.